The Morgan fingerprint density at radius 2 is 2.04 bits per heavy atom. The molecule has 0 fully saturated rings. The fraction of sp³-hybridized carbons (Fsp3) is 0.176. The van der Waals surface area contributed by atoms with Crippen molar-refractivity contribution in [1.29, 1.82) is 0 Å². The molecule has 3 rings (SSSR count). The van der Waals surface area contributed by atoms with Gasteiger partial charge in [-0.1, -0.05) is 45.9 Å². The van der Waals surface area contributed by atoms with E-state index in [2.05, 4.69) is 36.8 Å². The highest BCUT2D eigenvalue weighted by Gasteiger charge is 2.14. The van der Waals surface area contributed by atoms with Crippen LogP contribution in [-0.2, 0) is 4.79 Å². The van der Waals surface area contributed by atoms with Gasteiger partial charge in [-0.2, -0.15) is 4.68 Å². The number of rotatable bonds is 5. The molecule has 8 heteroatoms. The lowest BCUT2D eigenvalue weighted by atomic mass is 10.1. The van der Waals surface area contributed by atoms with Crippen LogP contribution in [0.15, 0.2) is 52.1 Å². The topological polar surface area (TPSA) is 72.7 Å². The maximum Gasteiger partial charge on any atom is 0.234 e. The highest BCUT2D eigenvalue weighted by atomic mass is 79.9. The molecule has 0 unspecified atom stereocenters. The van der Waals surface area contributed by atoms with Crippen LogP contribution < -0.4 is 5.32 Å². The molecule has 0 aliphatic heterocycles. The molecule has 0 radical (unpaired) electrons. The number of carbonyl (C=O) groups is 1. The fourth-order valence-electron chi connectivity index (χ4n) is 2.28. The van der Waals surface area contributed by atoms with Crippen LogP contribution in [0.1, 0.15) is 11.1 Å². The van der Waals surface area contributed by atoms with Crippen LogP contribution in [0, 0.1) is 13.8 Å². The zero-order valence-corrected chi connectivity index (χ0v) is 16.1. The highest BCUT2D eigenvalue weighted by Crippen LogP contribution is 2.23. The average molecular weight is 418 g/mol. The second-order valence-corrected chi connectivity index (χ2v) is 7.30. The number of tetrazole rings is 1. The van der Waals surface area contributed by atoms with Gasteiger partial charge < -0.3 is 5.32 Å². The Balaban J connectivity index is 1.69. The van der Waals surface area contributed by atoms with Gasteiger partial charge in [-0.15, -0.1) is 5.10 Å². The summed E-state index contributed by atoms with van der Waals surface area (Å²) in [4.78, 5) is 12.2. The molecule has 1 N–H and O–H groups in total. The lowest BCUT2D eigenvalue weighted by Crippen LogP contribution is -2.14. The summed E-state index contributed by atoms with van der Waals surface area (Å²) in [6, 6.07) is 13.4. The summed E-state index contributed by atoms with van der Waals surface area (Å²) in [5, 5.41) is 15.3. The van der Waals surface area contributed by atoms with E-state index in [9.17, 15) is 4.79 Å². The van der Waals surface area contributed by atoms with Gasteiger partial charge in [0.15, 0.2) is 0 Å². The molecule has 0 bridgehead atoms. The summed E-state index contributed by atoms with van der Waals surface area (Å²) in [7, 11) is 0. The van der Waals surface area contributed by atoms with Crippen LogP contribution in [-0.4, -0.2) is 31.9 Å². The molecule has 0 aliphatic carbocycles. The summed E-state index contributed by atoms with van der Waals surface area (Å²) >= 11 is 4.68. The summed E-state index contributed by atoms with van der Waals surface area (Å²) in [5.74, 6) is 0.108. The minimum absolute atomic E-state index is 0.112. The van der Waals surface area contributed by atoms with Crippen molar-refractivity contribution in [3.05, 3.63) is 58.1 Å². The second-order valence-electron chi connectivity index (χ2n) is 5.44. The number of aromatic nitrogens is 4. The Morgan fingerprint density at radius 3 is 2.84 bits per heavy atom. The largest absolute Gasteiger partial charge is 0.325 e. The van der Waals surface area contributed by atoms with E-state index in [4.69, 9.17) is 0 Å². The zero-order chi connectivity index (χ0) is 17.8. The molecule has 0 saturated heterocycles. The highest BCUT2D eigenvalue weighted by molar-refractivity contribution is 9.10. The number of hydrogen-bond acceptors (Lipinski definition) is 5. The molecule has 0 aliphatic rings. The molecule has 1 aromatic heterocycles. The van der Waals surface area contributed by atoms with Crippen molar-refractivity contribution in [3.63, 3.8) is 0 Å². The first kappa shape index (κ1) is 17.6. The number of halogens is 1. The predicted octanol–water partition coefficient (Wildman–Crippen LogP) is 3.77. The van der Waals surface area contributed by atoms with Crippen LogP contribution >= 0.6 is 27.7 Å². The maximum absolute atomic E-state index is 12.2. The molecule has 0 spiro atoms. The third-order valence-electron chi connectivity index (χ3n) is 3.69. The number of thioether (sulfide) groups is 1. The smallest absolute Gasteiger partial charge is 0.234 e. The van der Waals surface area contributed by atoms with Gasteiger partial charge in [0.25, 0.3) is 0 Å². The summed E-state index contributed by atoms with van der Waals surface area (Å²) < 4.78 is 2.58. The first-order valence-electron chi connectivity index (χ1n) is 7.58. The molecule has 25 heavy (non-hydrogen) atoms. The summed E-state index contributed by atoms with van der Waals surface area (Å²) in [6.07, 6.45) is 0. The number of anilines is 1. The fourth-order valence-corrected chi connectivity index (χ4v) is 3.36. The predicted molar refractivity (Wildman–Crippen MR) is 102 cm³/mol. The van der Waals surface area contributed by atoms with Crippen LogP contribution in [0.25, 0.3) is 5.69 Å². The van der Waals surface area contributed by atoms with Gasteiger partial charge >= 0.3 is 0 Å². The number of amides is 1. The SMILES string of the molecule is Cc1cccc(-n2nnnc2SCC(=O)Nc2cccc(Br)c2)c1C. The molecule has 0 atom stereocenters. The van der Waals surface area contributed by atoms with E-state index in [-0.39, 0.29) is 11.7 Å². The molecular weight excluding hydrogens is 402 g/mol. The van der Waals surface area contributed by atoms with E-state index in [1.165, 1.54) is 11.8 Å². The van der Waals surface area contributed by atoms with E-state index in [0.717, 1.165) is 27.0 Å². The number of nitrogens with zero attached hydrogens (tertiary/aromatic N) is 4. The first-order valence-corrected chi connectivity index (χ1v) is 9.35. The third kappa shape index (κ3) is 4.26. The Bertz CT molecular complexity index is 912. The Kier molecular flexibility index (Phi) is 5.50. The number of benzene rings is 2. The molecule has 128 valence electrons. The van der Waals surface area contributed by atoms with Gasteiger partial charge in [0.05, 0.1) is 11.4 Å². The number of nitrogens with one attached hydrogen (secondary N) is 1. The van der Waals surface area contributed by atoms with E-state index in [0.29, 0.717) is 5.16 Å². The van der Waals surface area contributed by atoms with Gasteiger partial charge in [0.2, 0.25) is 11.1 Å². The van der Waals surface area contributed by atoms with Crippen molar-refractivity contribution in [1.82, 2.24) is 20.2 Å². The molecular formula is C17H16BrN5OS. The summed E-state index contributed by atoms with van der Waals surface area (Å²) in [6.45, 7) is 4.07. The molecule has 6 nitrogen and oxygen atoms in total. The minimum Gasteiger partial charge on any atom is -0.325 e. The minimum atomic E-state index is -0.112. The third-order valence-corrected chi connectivity index (χ3v) is 5.10. The van der Waals surface area contributed by atoms with Crippen molar-refractivity contribution in [2.24, 2.45) is 0 Å². The molecule has 0 saturated carbocycles. The standard InChI is InChI=1S/C17H16BrN5OS/c1-11-5-3-8-15(12(11)2)23-17(20-21-22-23)25-10-16(24)19-14-7-4-6-13(18)9-14/h3-9H,10H2,1-2H3,(H,19,24). The lowest BCUT2D eigenvalue weighted by Gasteiger charge is -2.09. The van der Waals surface area contributed by atoms with Gasteiger partial charge in [-0.05, 0) is 59.7 Å². The first-order chi connectivity index (χ1) is 12.0. The number of carbonyl (C=O) groups excluding carboxylic acids is 1. The van der Waals surface area contributed by atoms with Gasteiger partial charge in [0.1, 0.15) is 0 Å². The van der Waals surface area contributed by atoms with Crippen LogP contribution in [0.4, 0.5) is 5.69 Å². The Morgan fingerprint density at radius 1 is 1.24 bits per heavy atom. The van der Waals surface area contributed by atoms with E-state index < -0.39 is 0 Å². The molecule has 1 heterocycles. The van der Waals surface area contributed by atoms with E-state index >= 15 is 0 Å². The van der Waals surface area contributed by atoms with Crippen LogP contribution in [0.3, 0.4) is 0 Å². The molecule has 3 aromatic rings. The summed E-state index contributed by atoms with van der Waals surface area (Å²) in [5.41, 5.74) is 3.93. The van der Waals surface area contributed by atoms with Gasteiger partial charge in [-0.3, -0.25) is 4.79 Å². The average Bonchev–Trinajstić information content (AvgIpc) is 3.04. The second kappa shape index (κ2) is 7.79. The zero-order valence-electron chi connectivity index (χ0n) is 13.7. The Hall–Kier alpha value is -2.19. The van der Waals surface area contributed by atoms with Crippen LogP contribution in [0.5, 0.6) is 0 Å². The quantitative estimate of drug-likeness (QED) is 0.639. The van der Waals surface area contributed by atoms with Crippen LogP contribution in [0.2, 0.25) is 0 Å². The van der Waals surface area contributed by atoms with Gasteiger partial charge in [-0.25, -0.2) is 0 Å². The molecule has 1 amide bonds. The van der Waals surface area contributed by atoms with E-state index in [1.807, 2.05) is 56.3 Å². The van der Waals surface area contributed by atoms with Crippen molar-refractivity contribution in [3.8, 4) is 5.69 Å². The van der Waals surface area contributed by atoms with Crippen molar-refractivity contribution < 1.29 is 4.79 Å². The normalized spacial score (nSPS) is 10.7. The van der Waals surface area contributed by atoms with Gasteiger partial charge in [0, 0.05) is 10.2 Å². The number of aryl methyl sites for hydroxylation is 1. The maximum atomic E-state index is 12.2. The molecule has 2 aromatic carbocycles. The van der Waals surface area contributed by atoms with Crippen molar-refractivity contribution in [2.75, 3.05) is 11.1 Å². The van der Waals surface area contributed by atoms with Crippen molar-refractivity contribution >= 4 is 39.3 Å². The van der Waals surface area contributed by atoms with E-state index in [1.54, 1.807) is 4.68 Å². The Labute approximate surface area is 158 Å². The van der Waals surface area contributed by atoms with Crippen molar-refractivity contribution in [2.45, 2.75) is 19.0 Å². The monoisotopic (exact) mass is 417 g/mol. The number of hydrogen-bond donors (Lipinski definition) is 1. The lowest BCUT2D eigenvalue weighted by molar-refractivity contribution is -0.113.